The zero-order chi connectivity index (χ0) is 13.0. The summed E-state index contributed by atoms with van der Waals surface area (Å²) in [5, 5.41) is 0. The lowest BCUT2D eigenvalue weighted by Crippen LogP contribution is -3.14. The van der Waals surface area contributed by atoms with E-state index in [0.717, 1.165) is 12.0 Å². The molecule has 1 N–H and O–H groups in total. The molecule has 1 aliphatic heterocycles. The molecule has 3 heteroatoms. The molecule has 2 fully saturated rings. The summed E-state index contributed by atoms with van der Waals surface area (Å²) in [5.74, 6) is 0.960. The summed E-state index contributed by atoms with van der Waals surface area (Å²) >= 11 is 0. The normalized spacial score (nSPS) is 38.0. The second-order valence-electron chi connectivity index (χ2n) is 6.53. The Balaban J connectivity index is 1.66. The van der Waals surface area contributed by atoms with Crippen LogP contribution in [-0.2, 0) is 4.74 Å². The first kappa shape index (κ1) is 14.3. The molecule has 0 aromatic carbocycles. The number of ether oxygens (including phenoxy) is 1. The lowest BCUT2D eigenvalue weighted by atomic mass is 9.86. The topological polar surface area (TPSA) is 16.9 Å². The molecule has 2 rings (SSSR count). The standard InChI is InChI=1S/C15H30N2O/c1-16(2)14-8-10-17(11-9-14)12-13-4-6-15(18-3)7-5-13/h13-15H,4-12H2,1-3H3/p+1. The average molecular weight is 255 g/mol. The molecule has 3 nitrogen and oxygen atoms in total. The molecule has 1 aliphatic carbocycles. The summed E-state index contributed by atoms with van der Waals surface area (Å²) < 4.78 is 5.46. The Morgan fingerprint density at radius 2 is 1.61 bits per heavy atom. The van der Waals surface area contributed by atoms with Crippen molar-refractivity contribution in [3.05, 3.63) is 0 Å². The van der Waals surface area contributed by atoms with E-state index in [9.17, 15) is 0 Å². The van der Waals surface area contributed by atoms with Crippen LogP contribution in [-0.4, -0.2) is 57.9 Å². The van der Waals surface area contributed by atoms with Gasteiger partial charge >= 0.3 is 0 Å². The van der Waals surface area contributed by atoms with Crippen LogP contribution in [0.5, 0.6) is 0 Å². The summed E-state index contributed by atoms with van der Waals surface area (Å²) in [5.41, 5.74) is 0. The van der Waals surface area contributed by atoms with Crippen molar-refractivity contribution in [2.24, 2.45) is 5.92 Å². The maximum absolute atomic E-state index is 5.46. The lowest BCUT2D eigenvalue weighted by Gasteiger charge is -2.36. The van der Waals surface area contributed by atoms with Crippen LogP contribution in [0.1, 0.15) is 38.5 Å². The van der Waals surface area contributed by atoms with Gasteiger partial charge < -0.3 is 14.5 Å². The van der Waals surface area contributed by atoms with Crippen molar-refractivity contribution in [3.8, 4) is 0 Å². The van der Waals surface area contributed by atoms with Gasteiger partial charge in [-0.25, -0.2) is 0 Å². The van der Waals surface area contributed by atoms with Crippen molar-refractivity contribution < 1.29 is 9.64 Å². The lowest BCUT2D eigenvalue weighted by molar-refractivity contribution is -0.909. The maximum atomic E-state index is 5.46. The number of hydrogen-bond acceptors (Lipinski definition) is 2. The van der Waals surface area contributed by atoms with Crippen LogP contribution >= 0.6 is 0 Å². The van der Waals surface area contributed by atoms with Crippen molar-refractivity contribution in [2.75, 3.05) is 40.8 Å². The molecule has 18 heavy (non-hydrogen) atoms. The maximum Gasteiger partial charge on any atom is 0.0799 e. The first-order valence-corrected chi connectivity index (χ1v) is 7.71. The Labute approximate surface area is 112 Å². The highest BCUT2D eigenvalue weighted by Gasteiger charge is 2.28. The highest BCUT2D eigenvalue weighted by Crippen LogP contribution is 2.24. The zero-order valence-corrected chi connectivity index (χ0v) is 12.5. The molecular formula is C15H31N2O+. The first-order valence-electron chi connectivity index (χ1n) is 7.71. The molecule has 0 atom stereocenters. The van der Waals surface area contributed by atoms with Crippen LogP contribution in [0.25, 0.3) is 0 Å². The number of quaternary nitrogens is 1. The third-order valence-corrected chi connectivity index (χ3v) is 5.10. The summed E-state index contributed by atoms with van der Waals surface area (Å²) in [6.45, 7) is 4.18. The van der Waals surface area contributed by atoms with E-state index < -0.39 is 0 Å². The first-order chi connectivity index (χ1) is 8.69. The Morgan fingerprint density at radius 3 is 2.11 bits per heavy atom. The Hall–Kier alpha value is -0.120. The highest BCUT2D eigenvalue weighted by atomic mass is 16.5. The van der Waals surface area contributed by atoms with E-state index in [1.807, 2.05) is 12.0 Å². The van der Waals surface area contributed by atoms with Crippen LogP contribution in [0.4, 0.5) is 0 Å². The largest absolute Gasteiger partial charge is 0.381 e. The van der Waals surface area contributed by atoms with Gasteiger partial charge in [0.2, 0.25) is 0 Å². The Kier molecular flexibility index (Phi) is 5.46. The van der Waals surface area contributed by atoms with Crippen LogP contribution in [0.3, 0.4) is 0 Å². The third-order valence-electron chi connectivity index (χ3n) is 5.10. The van der Waals surface area contributed by atoms with Crippen molar-refractivity contribution >= 4 is 0 Å². The van der Waals surface area contributed by atoms with E-state index in [2.05, 4.69) is 19.0 Å². The minimum atomic E-state index is 0.552. The van der Waals surface area contributed by atoms with Gasteiger partial charge in [-0.05, 0) is 39.8 Å². The van der Waals surface area contributed by atoms with E-state index in [-0.39, 0.29) is 0 Å². The predicted octanol–water partition coefficient (Wildman–Crippen LogP) is 0.801. The van der Waals surface area contributed by atoms with Gasteiger partial charge in [0, 0.05) is 31.9 Å². The number of piperidine rings is 1. The molecule has 0 radical (unpaired) electrons. The summed E-state index contributed by atoms with van der Waals surface area (Å²) in [6, 6.07) is 0.831. The van der Waals surface area contributed by atoms with E-state index in [1.165, 1.54) is 58.2 Å². The molecule has 0 unspecified atom stereocenters. The van der Waals surface area contributed by atoms with E-state index >= 15 is 0 Å². The zero-order valence-electron chi connectivity index (χ0n) is 12.5. The monoisotopic (exact) mass is 255 g/mol. The van der Waals surface area contributed by atoms with Gasteiger partial charge in [-0.15, -0.1) is 0 Å². The summed E-state index contributed by atoms with van der Waals surface area (Å²) in [4.78, 5) is 4.26. The van der Waals surface area contributed by atoms with E-state index in [0.29, 0.717) is 6.10 Å². The number of likely N-dealkylation sites (tertiary alicyclic amines) is 1. The molecule has 106 valence electrons. The fourth-order valence-corrected chi connectivity index (χ4v) is 3.71. The molecule has 1 heterocycles. The average Bonchev–Trinajstić information content (AvgIpc) is 2.40. The number of nitrogens with one attached hydrogen (secondary N) is 1. The number of rotatable bonds is 4. The van der Waals surface area contributed by atoms with Crippen LogP contribution in [0.2, 0.25) is 0 Å². The highest BCUT2D eigenvalue weighted by molar-refractivity contribution is 4.73. The van der Waals surface area contributed by atoms with Gasteiger partial charge in [0.05, 0.1) is 25.7 Å². The van der Waals surface area contributed by atoms with Crippen molar-refractivity contribution in [2.45, 2.75) is 50.7 Å². The van der Waals surface area contributed by atoms with Crippen molar-refractivity contribution in [1.82, 2.24) is 4.90 Å². The van der Waals surface area contributed by atoms with Gasteiger partial charge in [0.1, 0.15) is 0 Å². The molecule has 0 aromatic heterocycles. The molecular weight excluding hydrogens is 224 g/mol. The molecule has 0 bridgehead atoms. The second-order valence-corrected chi connectivity index (χ2v) is 6.53. The quantitative estimate of drug-likeness (QED) is 0.800. The van der Waals surface area contributed by atoms with Gasteiger partial charge in [-0.3, -0.25) is 0 Å². The number of methoxy groups -OCH3 is 1. The van der Waals surface area contributed by atoms with Crippen molar-refractivity contribution in [3.63, 3.8) is 0 Å². The van der Waals surface area contributed by atoms with Crippen LogP contribution < -0.4 is 4.90 Å². The molecule has 1 saturated carbocycles. The van der Waals surface area contributed by atoms with E-state index in [1.54, 1.807) is 0 Å². The summed E-state index contributed by atoms with van der Waals surface area (Å²) in [6.07, 6.45) is 8.67. The molecule has 0 amide bonds. The van der Waals surface area contributed by atoms with Crippen LogP contribution in [0, 0.1) is 5.92 Å². The molecule has 0 spiro atoms. The SMILES string of the molecule is COC1CCC(C[NH+]2CCC(N(C)C)CC2)CC1. The second kappa shape index (κ2) is 6.88. The van der Waals surface area contributed by atoms with Gasteiger partial charge in [0.25, 0.3) is 0 Å². The minimum Gasteiger partial charge on any atom is -0.381 e. The smallest absolute Gasteiger partial charge is 0.0799 e. The van der Waals surface area contributed by atoms with E-state index in [4.69, 9.17) is 4.74 Å². The number of nitrogens with zero attached hydrogens (tertiary/aromatic N) is 1. The van der Waals surface area contributed by atoms with Gasteiger partial charge in [-0.1, -0.05) is 0 Å². The fourth-order valence-electron chi connectivity index (χ4n) is 3.71. The van der Waals surface area contributed by atoms with Crippen molar-refractivity contribution in [1.29, 1.82) is 0 Å². The molecule has 2 aliphatic rings. The third kappa shape index (κ3) is 3.94. The minimum absolute atomic E-state index is 0.552. The number of hydrogen-bond donors (Lipinski definition) is 1. The fraction of sp³-hybridized carbons (Fsp3) is 1.00. The molecule has 1 saturated heterocycles. The van der Waals surface area contributed by atoms with Gasteiger partial charge in [-0.2, -0.15) is 0 Å². The van der Waals surface area contributed by atoms with Crippen LogP contribution in [0.15, 0.2) is 0 Å². The predicted molar refractivity (Wildman–Crippen MR) is 75.0 cm³/mol. The van der Waals surface area contributed by atoms with Gasteiger partial charge in [0.15, 0.2) is 0 Å². The Morgan fingerprint density at radius 1 is 1.00 bits per heavy atom. The Bertz CT molecular complexity index is 229. The summed E-state index contributed by atoms with van der Waals surface area (Å²) in [7, 11) is 6.31. The molecule has 0 aromatic rings.